The quantitative estimate of drug-likeness (QED) is 0.785. The van der Waals surface area contributed by atoms with E-state index in [1.165, 1.54) is 6.07 Å². The van der Waals surface area contributed by atoms with Gasteiger partial charge in [-0.25, -0.2) is 9.37 Å². The van der Waals surface area contributed by atoms with Crippen LogP contribution in [-0.2, 0) is 11.2 Å². The van der Waals surface area contributed by atoms with Crippen molar-refractivity contribution in [3.05, 3.63) is 40.6 Å². The van der Waals surface area contributed by atoms with Crippen LogP contribution in [-0.4, -0.2) is 31.8 Å². The number of benzene rings is 1. The van der Waals surface area contributed by atoms with Crippen molar-refractivity contribution in [2.45, 2.75) is 6.42 Å². The minimum atomic E-state index is -0.325. The fraction of sp³-hybridized carbons (Fsp3) is 0.357. The van der Waals surface area contributed by atoms with Gasteiger partial charge in [-0.05, 0) is 18.2 Å². The number of rotatable bonds is 7. The van der Waals surface area contributed by atoms with Crippen molar-refractivity contribution in [3.63, 3.8) is 0 Å². The number of hydrogen-bond donors (Lipinski definition) is 1. The lowest BCUT2D eigenvalue weighted by Crippen LogP contribution is -2.21. The van der Waals surface area contributed by atoms with E-state index in [1.807, 2.05) is 0 Å². The summed E-state index contributed by atoms with van der Waals surface area (Å²) in [5.74, 6) is 0.703. The van der Waals surface area contributed by atoms with Crippen molar-refractivity contribution in [1.29, 1.82) is 0 Å². The lowest BCUT2D eigenvalue weighted by atomic mass is 10.2. The highest BCUT2D eigenvalue weighted by atomic mass is 79.9. The molecule has 20 heavy (non-hydrogen) atoms. The van der Waals surface area contributed by atoms with E-state index in [4.69, 9.17) is 9.15 Å². The summed E-state index contributed by atoms with van der Waals surface area (Å²) in [5.41, 5.74) is 0.408. The molecule has 0 amide bonds. The lowest BCUT2D eigenvalue weighted by Gasteiger charge is -2.01. The molecule has 1 aromatic heterocycles. The zero-order valence-corrected chi connectivity index (χ0v) is 12.7. The monoisotopic (exact) mass is 342 g/mol. The van der Waals surface area contributed by atoms with E-state index in [9.17, 15) is 4.39 Å². The summed E-state index contributed by atoms with van der Waals surface area (Å²) in [6.07, 6.45) is 2.20. The molecule has 0 radical (unpaired) electrons. The largest absolute Gasteiger partial charge is 0.441 e. The van der Waals surface area contributed by atoms with E-state index in [2.05, 4.69) is 26.2 Å². The average molecular weight is 343 g/mol. The van der Waals surface area contributed by atoms with E-state index >= 15 is 0 Å². The first-order valence-corrected chi connectivity index (χ1v) is 7.10. The number of nitrogens with one attached hydrogen (secondary N) is 1. The molecular weight excluding hydrogens is 327 g/mol. The van der Waals surface area contributed by atoms with Crippen LogP contribution in [0.1, 0.15) is 5.89 Å². The molecule has 0 saturated heterocycles. The first kappa shape index (κ1) is 15.2. The molecule has 2 aromatic rings. The zero-order chi connectivity index (χ0) is 14.4. The summed E-state index contributed by atoms with van der Waals surface area (Å²) in [6.45, 7) is 2.19. The molecule has 0 spiro atoms. The minimum absolute atomic E-state index is 0.325. The predicted molar refractivity (Wildman–Crippen MR) is 78.0 cm³/mol. The van der Waals surface area contributed by atoms with Crippen LogP contribution in [0, 0.1) is 5.82 Å². The number of aromatic nitrogens is 1. The van der Waals surface area contributed by atoms with Gasteiger partial charge in [-0.15, -0.1) is 0 Å². The van der Waals surface area contributed by atoms with Crippen LogP contribution >= 0.6 is 15.9 Å². The van der Waals surface area contributed by atoms with Gasteiger partial charge in [0.2, 0.25) is 0 Å². The number of ether oxygens (including phenoxy) is 1. The Bertz CT molecular complexity index is 560. The number of nitrogens with zero attached hydrogens (tertiary/aromatic N) is 1. The van der Waals surface area contributed by atoms with Gasteiger partial charge in [0.1, 0.15) is 5.82 Å². The SMILES string of the molecule is COCCNCCc1ncc(-c2cc(Br)ccc2F)o1. The normalized spacial score (nSPS) is 10.9. The van der Waals surface area contributed by atoms with Gasteiger partial charge in [0, 0.05) is 31.1 Å². The Hall–Kier alpha value is -1.24. The number of oxazole rings is 1. The van der Waals surface area contributed by atoms with Crippen molar-refractivity contribution < 1.29 is 13.5 Å². The molecular formula is C14H16BrFN2O2. The van der Waals surface area contributed by atoms with Crippen LogP contribution in [0.4, 0.5) is 4.39 Å². The molecule has 0 aliphatic heterocycles. The van der Waals surface area contributed by atoms with Gasteiger partial charge in [-0.1, -0.05) is 15.9 Å². The van der Waals surface area contributed by atoms with Crippen LogP contribution in [0.25, 0.3) is 11.3 Å². The molecule has 0 fully saturated rings. The van der Waals surface area contributed by atoms with Gasteiger partial charge < -0.3 is 14.5 Å². The maximum Gasteiger partial charge on any atom is 0.196 e. The Morgan fingerprint density at radius 3 is 3.05 bits per heavy atom. The molecule has 0 atom stereocenters. The van der Waals surface area contributed by atoms with Crippen LogP contribution in [0.15, 0.2) is 33.3 Å². The summed E-state index contributed by atoms with van der Waals surface area (Å²) in [6, 6.07) is 4.72. The summed E-state index contributed by atoms with van der Waals surface area (Å²) in [7, 11) is 1.66. The van der Waals surface area contributed by atoms with Gasteiger partial charge >= 0.3 is 0 Å². The topological polar surface area (TPSA) is 47.3 Å². The Kier molecular flexibility index (Phi) is 5.70. The average Bonchev–Trinajstić information content (AvgIpc) is 2.90. The van der Waals surface area contributed by atoms with E-state index in [1.54, 1.807) is 25.4 Å². The molecule has 0 aliphatic rings. The highest BCUT2D eigenvalue weighted by Crippen LogP contribution is 2.26. The Balaban J connectivity index is 1.96. The molecule has 108 valence electrons. The molecule has 6 heteroatoms. The van der Waals surface area contributed by atoms with E-state index in [0.717, 1.165) is 17.6 Å². The third-order valence-corrected chi connectivity index (χ3v) is 3.24. The summed E-state index contributed by atoms with van der Waals surface area (Å²) < 4.78 is 25.0. The first-order chi connectivity index (χ1) is 9.70. The van der Waals surface area contributed by atoms with Crippen molar-refractivity contribution in [2.24, 2.45) is 0 Å². The fourth-order valence-electron chi connectivity index (χ4n) is 1.73. The van der Waals surface area contributed by atoms with Crippen LogP contribution in [0.5, 0.6) is 0 Å². The molecule has 1 N–H and O–H groups in total. The van der Waals surface area contributed by atoms with E-state index in [0.29, 0.717) is 30.2 Å². The Labute approximate surface area is 125 Å². The van der Waals surface area contributed by atoms with Crippen molar-refractivity contribution in [2.75, 3.05) is 26.8 Å². The third kappa shape index (κ3) is 4.13. The third-order valence-electron chi connectivity index (χ3n) is 2.75. The standard InChI is InChI=1S/C14H16BrFN2O2/c1-19-7-6-17-5-4-14-18-9-13(20-14)11-8-10(15)2-3-12(11)16/h2-3,8-9,17H,4-7H2,1H3. The maximum absolute atomic E-state index is 13.7. The van der Waals surface area contributed by atoms with Gasteiger partial charge in [0.15, 0.2) is 11.7 Å². The fourth-order valence-corrected chi connectivity index (χ4v) is 2.09. The molecule has 0 bridgehead atoms. The van der Waals surface area contributed by atoms with E-state index in [-0.39, 0.29) is 5.82 Å². The van der Waals surface area contributed by atoms with Crippen LogP contribution < -0.4 is 5.32 Å². The number of hydrogen-bond acceptors (Lipinski definition) is 4. The molecule has 0 saturated carbocycles. The zero-order valence-electron chi connectivity index (χ0n) is 11.2. The number of halogens is 2. The van der Waals surface area contributed by atoms with Crippen molar-refractivity contribution in [1.82, 2.24) is 10.3 Å². The molecule has 1 aromatic carbocycles. The lowest BCUT2D eigenvalue weighted by molar-refractivity contribution is 0.199. The minimum Gasteiger partial charge on any atom is -0.441 e. The highest BCUT2D eigenvalue weighted by molar-refractivity contribution is 9.10. The summed E-state index contributed by atoms with van der Waals surface area (Å²) >= 11 is 3.32. The molecule has 4 nitrogen and oxygen atoms in total. The predicted octanol–water partition coefficient (Wildman–Crippen LogP) is 3.02. The van der Waals surface area contributed by atoms with Gasteiger partial charge in [-0.2, -0.15) is 0 Å². The second kappa shape index (κ2) is 7.52. The second-order valence-corrected chi connectivity index (χ2v) is 5.15. The van der Waals surface area contributed by atoms with Crippen molar-refractivity contribution >= 4 is 15.9 Å². The summed E-state index contributed by atoms with van der Waals surface area (Å²) in [4.78, 5) is 4.16. The Morgan fingerprint density at radius 1 is 1.40 bits per heavy atom. The molecule has 0 aliphatic carbocycles. The van der Waals surface area contributed by atoms with Gasteiger partial charge in [-0.3, -0.25) is 0 Å². The Morgan fingerprint density at radius 2 is 2.25 bits per heavy atom. The molecule has 0 unspecified atom stereocenters. The second-order valence-electron chi connectivity index (χ2n) is 4.24. The molecule has 1 heterocycles. The van der Waals surface area contributed by atoms with Gasteiger partial charge in [0.25, 0.3) is 0 Å². The summed E-state index contributed by atoms with van der Waals surface area (Å²) in [5, 5.41) is 3.20. The van der Waals surface area contributed by atoms with Crippen LogP contribution in [0.3, 0.4) is 0 Å². The van der Waals surface area contributed by atoms with Crippen LogP contribution in [0.2, 0.25) is 0 Å². The smallest absolute Gasteiger partial charge is 0.196 e. The first-order valence-electron chi connectivity index (χ1n) is 6.30. The van der Waals surface area contributed by atoms with Gasteiger partial charge in [0.05, 0.1) is 18.4 Å². The maximum atomic E-state index is 13.7. The van der Waals surface area contributed by atoms with E-state index < -0.39 is 0 Å². The molecule has 2 rings (SSSR count). The van der Waals surface area contributed by atoms with Crippen molar-refractivity contribution in [3.8, 4) is 11.3 Å². The number of methoxy groups -OCH3 is 1. The highest BCUT2D eigenvalue weighted by Gasteiger charge is 2.11.